The molecule has 0 spiro atoms. The highest BCUT2D eigenvalue weighted by Gasteiger charge is 2.12. The Labute approximate surface area is 373 Å². The third-order valence-corrected chi connectivity index (χ3v) is 11.7. The van der Waals surface area contributed by atoms with Crippen LogP contribution in [-0.4, -0.2) is 87.3 Å². The summed E-state index contributed by atoms with van der Waals surface area (Å²) in [5, 5.41) is 0. The number of hydrogen-bond donors (Lipinski definition) is 2. The van der Waals surface area contributed by atoms with Gasteiger partial charge in [-0.1, -0.05) is 154 Å². The van der Waals surface area contributed by atoms with Gasteiger partial charge in [0.15, 0.2) is 0 Å². The zero-order valence-electron chi connectivity index (χ0n) is 40.1. The van der Waals surface area contributed by atoms with Crippen molar-refractivity contribution >= 4 is 11.9 Å². The summed E-state index contributed by atoms with van der Waals surface area (Å²) < 4.78 is 11.2. The van der Waals surface area contributed by atoms with Crippen LogP contribution in [0.15, 0.2) is 24.3 Å². The molecule has 4 N–H and O–H groups in total. The van der Waals surface area contributed by atoms with Gasteiger partial charge in [-0.15, -0.1) is 0 Å². The van der Waals surface area contributed by atoms with E-state index in [0.717, 1.165) is 77.5 Å². The molecule has 354 valence electrons. The third kappa shape index (κ3) is 45.8. The Balaban J connectivity index is 3.98. The van der Waals surface area contributed by atoms with E-state index in [0.29, 0.717) is 52.2 Å². The molecular weight excluding hydrogens is 745 g/mol. The second-order valence-electron chi connectivity index (χ2n) is 17.5. The zero-order chi connectivity index (χ0) is 43.7. The Bertz CT molecular complexity index is 871. The minimum Gasteiger partial charge on any atom is -0.466 e. The fourth-order valence-electron chi connectivity index (χ4n) is 7.69. The largest absolute Gasteiger partial charge is 0.466 e. The lowest BCUT2D eigenvalue weighted by molar-refractivity contribution is -0.145. The van der Waals surface area contributed by atoms with E-state index in [2.05, 4.69) is 48.0 Å². The minimum absolute atomic E-state index is 0.0898. The van der Waals surface area contributed by atoms with Crippen molar-refractivity contribution in [2.75, 3.05) is 65.6 Å². The van der Waals surface area contributed by atoms with Crippen molar-refractivity contribution in [1.29, 1.82) is 0 Å². The van der Waals surface area contributed by atoms with Crippen LogP contribution in [0.3, 0.4) is 0 Å². The van der Waals surface area contributed by atoms with Crippen molar-refractivity contribution in [3.05, 3.63) is 24.3 Å². The van der Waals surface area contributed by atoms with Gasteiger partial charge >= 0.3 is 11.9 Å². The number of carbonyl (C=O) groups is 2. The van der Waals surface area contributed by atoms with Gasteiger partial charge in [0.1, 0.15) is 0 Å². The molecule has 8 nitrogen and oxygen atoms in total. The second kappa shape index (κ2) is 49.9. The highest BCUT2D eigenvalue weighted by molar-refractivity contribution is 5.69. The van der Waals surface area contributed by atoms with Gasteiger partial charge in [-0.2, -0.15) is 0 Å². The van der Waals surface area contributed by atoms with Crippen LogP contribution in [-0.2, 0) is 19.1 Å². The van der Waals surface area contributed by atoms with E-state index < -0.39 is 0 Å². The van der Waals surface area contributed by atoms with Crippen molar-refractivity contribution in [2.45, 2.75) is 232 Å². The summed E-state index contributed by atoms with van der Waals surface area (Å²) in [6, 6.07) is 0. The number of rotatable bonds is 49. The van der Waals surface area contributed by atoms with Crippen LogP contribution in [0, 0.1) is 0 Å². The van der Waals surface area contributed by atoms with E-state index in [-0.39, 0.29) is 11.9 Å². The van der Waals surface area contributed by atoms with Crippen LogP contribution in [0.1, 0.15) is 232 Å². The number of unbranched alkanes of at least 4 members (excludes halogenated alkanes) is 25. The first kappa shape index (κ1) is 58.3. The summed E-state index contributed by atoms with van der Waals surface area (Å²) in [6.45, 7) is 12.0. The average Bonchev–Trinajstić information content (AvgIpc) is 3.25. The fourth-order valence-corrected chi connectivity index (χ4v) is 7.69. The molecule has 0 radical (unpaired) electrons. The molecule has 0 saturated heterocycles. The molecule has 8 heteroatoms. The van der Waals surface area contributed by atoms with Gasteiger partial charge in [0, 0.05) is 13.1 Å². The number of allylic oxidation sites excluding steroid dienone is 4. The number of esters is 2. The standard InChI is InChI=1S/C52H102N4O4/c1-3-5-7-9-11-13-15-17-19-21-23-25-27-29-31-35-49-59-51(57)39-47-55(45-37-41-53)43-33-34-44-56(46-38-42-54)48-40-52(58)60-50-36-32-30-28-26-24-22-20-18-16-14-12-10-8-6-4-2/h17-20H,3-16,21-50,53-54H2,1-2H3/b19-17+,20-18+. The van der Waals surface area contributed by atoms with E-state index in [9.17, 15) is 9.59 Å². The normalized spacial score (nSPS) is 11.9. The van der Waals surface area contributed by atoms with Gasteiger partial charge in [0.2, 0.25) is 0 Å². The van der Waals surface area contributed by atoms with Crippen molar-refractivity contribution in [1.82, 2.24) is 9.80 Å². The molecule has 0 bridgehead atoms. The highest BCUT2D eigenvalue weighted by atomic mass is 16.5. The predicted octanol–water partition coefficient (Wildman–Crippen LogP) is 13.0. The van der Waals surface area contributed by atoms with Crippen LogP contribution >= 0.6 is 0 Å². The molecule has 0 atom stereocenters. The lowest BCUT2D eigenvalue weighted by atomic mass is 10.1. The highest BCUT2D eigenvalue weighted by Crippen LogP contribution is 2.12. The Morgan fingerprint density at radius 1 is 0.367 bits per heavy atom. The summed E-state index contributed by atoms with van der Waals surface area (Å²) in [4.78, 5) is 29.7. The lowest BCUT2D eigenvalue weighted by Gasteiger charge is -2.24. The van der Waals surface area contributed by atoms with Crippen LogP contribution in [0.5, 0.6) is 0 Å². The maximum absolute atomic E-state index is 12.5. The Hall–Kier alpha value is -1.74. The first-order chi connectivity index (χ1) is 29.6. The van der Waals surface area contributed by atoms with Gasteiger partial charge < -0.3 is 30.7 Å². The summed E-state index contributed by atoms with van der Waals surface area (Å²) in [6.07, 6.45) is 50.0. The molecule has 0 aromatic rings. The average molecular weight is 847 g/mol. The molecule has 0 aliphatic heterocycles. The Kier molecular flexibility index (Phi) is 48.5. The lowest BCUT2D eigenvalue weighted by Crippen LogP contribution is -2.32. The molecule has 0 aliphatic rings. The molecular formula is C52H102N4O4. The number of nitrogens with two attached hydrogens (primary N) is 2. The van der Waals surface area contributed by atoms with Gasteiger partial charge in [0.05, 0.1) is 26.1 Å². The van der Waals surface area contributed by atoms with E-state index >= 15 is 0 Å². The van der Waals surface area contributed by atoms with Crippen molar-refractivity contribution in [3.8, 4) is 0 Å². The maximum atomic E-state index is 12.5. The molecule has 0 unspecified atom stereocenters. The van der Waals surface area contributed by atoms with E-state index in [1.807, 2.05) is 0 Å². The summed E-state index contributed by atoms with van der Waals surface area (Å²) in [5.41, 5.74) is 11.7. The number of nitrogens with zero attached hydrogens (tertiary/aromatic N) is 2. The topological polar surface area (TPSA) is 111 Å². The van der Waals surface area contributed by atoms with E-state index in [4.69, 9.17) is 20.9 Å². The van der Waals surface area contributed by atoms with Gasteiger partial charge in [-0.05, 0) is 129 Å². The van der Waals surface area contributed by atoms with Gasteiger partial charge in [-0.3, -0.25) is 9.59 Å². The van der Waals surface area contributed by atoms with Gasteiger partial charge in [0.25, 0.3) is 0 Å². The fraction of sp³-hybridized carbons (Fsp3) is 0.885. The molecule has 0 fully saturated rings. The minimum atomic E-state index is -0.0898. The first-order valence-corrected chi connectivity index (χ1v) is 26.0. The van der Waals surface area contributed by atoms with Crippen LogP contribution in [0.4, 0.5) is 0 Å². The first-order valence-electron chi connectivity index (χ1n) is 26.0. The zero-order valence-corrected chi connectivity index (χ0v) is 40.1. The summed E-state index contributed by atoms with van der Waals surface area (Å²) in [7, 11) is 0. The Morgan fingerprint density at radius 3 is 0.967 bits per heavy atom. The van der Waals surface area contributed by atoms with Crippen LogP contribution < -0.4 is 11.5 Å². The molecule has 0 aromatic carbocycles. The number of hydrogen-bond acceptors (Lipinski definition) is 8. The van der Waals surface area contributed by atoms with Crippen LogP contribution in [0.2, 0.25) is 0 Å². The monoisotopic (exact) mass is 847 g/mol. The predicted molar refractivity (Wildman–Crippen MR) is 260 cm³/mol. The molecule has 0 aliphatic carbocycles. The smallest absolute Gasteiger partial charge is 0.307 e. The van der Waals surface area contributed by atoms with Crippen molar-refractivity contribution in [2.24, 2.45) is 11.5 Å². The Morgan fingerprint density at radius 2 is 0.650 bits per heavy atom. The second-order valence-corrected chi connectivity index (χ2v) is 17.5. The summed E-state index contributed by atoms with van der Waals surface area (Å²) in [5.74, 6) is -0.180. The number of ether oxygens (including phenoxy) is 2. The number of carbonyl (C=O) groups excluding carboxylic acids is 2. The maximum Gasteiger partial charge on any atom is 0.307 e. The molecule has 0 saturated carbocycles. The quantitative estimate of drug-likeness (QED) is 0.0354. The van der Waals surface area contributed by atoms with Crippen molar-refractivity contribution < 1.29 is 19.1 Å². The van der Waals surface area contributed by atoms with Gasteiger partial charge in [-0.25, -0.2) is 0 Å². The molecule has 0 rings (SSSR count). The van der Waals surface area contributed by atoms with E-state index in [1.165, 1.54) is 154 Å². The molecule has 0 aromatic heterocycles. The SMILES string of the molecule is CCCCCCCC/C=C/CCCCCCCCOC(=O)CCN(CCCN)CCCCN(CCCN)CCC(=O)OCCCCCCCC/C=C/CCCCCCCC. The molecule has 0 heterocycles. The van der Waals surface area contributed by atoms with Crippen molar-refractivity contribution in [3.63, 3.8) is 0 Å². The summed E-state index contributed by atoms with van der Waals surface area (Å²) >= 11 is 0. The van der Waals surface area contributed by atoms with Crippen LogP contribution in [0.25, 0.3) is 0 Å². The molecule has 0 amide bonds. The molecule has 60 heavy (non-hydrogen) atoms. The third-order valence-electron chi connectivity index (χ3n) is 11.7. The van der Waals surface area contributed by atoms with E-state index in [1.54, 1.807) is 0 Å².